The molecule has 5 nitrogen and oxygen atoms in total. The van der Waals surface area contributed by atoms with E-state index in [2.05, 4.69) is 5.32 Å². The monoisotopic (exact) mass is 427 g/mol. The van der Waals surface area contributed by atoms with Crippen molar-refractivity contribution in [3.8, 4) is 0 Å². The Morgan fingerprint density at radius 2 is 1.40 bits per heavy atom. The fraction of sp³-hybridized carbons (Fsp3) is 0.421. The zero-order chi connectivity index (χ0) is 19.2. The van der Waals surface area contributed by atoms with Crippen molar-refractivity contribution in [2.75, 3.05) is 6.54 Å². The van der Waals surface area contributed by atoms with E-state index in [4.69, 9.17) is 10.3 Å². The Hall–Kier alpha value is -0.846. The molecule has 1 amide bonds. The molecule has 0 saturated carbocycles. The molecule has 1 rings (SSSR count). The Bertz CT molecular complexity index is 392. The van der Waals surface area contributed by atoms with Gasteiger partial charge in [-0.1, -0.05) is 62.4 Å². The molecule has 4 N–H and O–H groups in total. The Morgan fingerprint density at radius 1 is 1.04 bits per heavy atom. The predicted molar refractivity (Wildman–Crippen MR) is 102 cm³/mol. The van der Waals surface area contributed by atoms with Gasteiger partial charge in [-0.3, -0.25) is 4.79 Å². The van der Waals surface area contributed by atoms with Crippen molar-refractivity contribution >= 4 is 5.91 Å². The summed E-state index contributed by atoms with van der Waals surface area (Å²) in [6.07, 6.45) is 5.20. The van der Waals surface area contributed by atoms with Crippen molar-refractivity contribution in [2.45, 2.75) is 47.6 Å². The van der Waals surface area contributed by atoms with E-state index in [0.29, 0.717) is 0 Å². The van der Waals surface area contributed by atoms with Gasteiger partial charge in [0.05, 0.1) is 0 Å². The molecular formula is C19H34N2O3Y. The van der Waals surface area contributed by atoms with Crippen LogP contribution in [0, 0.1) is 0 Å². The fourth-order valence-corrected chi connectivity index (χ4v) is 1.05. The van der Waals surface area contributed by atoms with Gasteiger partial charge in [0.15, 0.2) is 0 Å². The van der Waals surface area contributed by atoms with Crippen LogP contribution in [0.4, 0.5) is 0 Å². The van der Waals surface area contributed by atoms with Crippen molar-refractivity contribution < 1.29 is 47.8 Å². The molecule has 0 aliphatic rings. The van der Waals surface area contributed by atoms with Crippen LogP contribution < -0.4 is 10.8 Å². The summed E-state index contributed by atoms with van der Waals surface area (Å²) < 4.78 is 0. The van der Waals surface area contributed by atoms with Gasteiger partial charge in [-0.15, -0.1) is 0 Å². The van der Waals surface area contributed by atoms with Gasteiger partial charge in [0.25, 0.3) is 0 Å². The van der Waals surface area contributed by atoms with Crippen molar-refractivity contribution in [3.63, 3.8) is 0 Å². The molecule has 0 aliphatic carbocycles. The molecule has 0 unspecified atom stereocenters. The number of hydrogen-bond donors (Lipinski definition) is 4. The minimum absolute atomic E-state index is 0. The second-order valence-corrected chi connectivity index (χ2v) is 4.38. The summed E-state index contributed by atoms with van der Waals surface area (Å²) in [4.78, 5) is 10.9. The zero-order valence-corrected chi connectivity index (χ0v) is 19.2. The van der Waals surface area contributed by atoms with Gasteiger partial charge in [0.2, 0.25) is 5.91 Å². The van der Waals surface area contributed by atoms with E-state index in [0.717, 1.165) is 5.70 Å². The molecule has 25 heavy (non-hydrogen) atoms. The van der Waals surface area contributed by atoms with Crippen molar-refractivity contribution in [2.24, 2.45) is 0 Å². The number of hydrogen-bond acceptors (Lipinski definition) is 4. The van der Waals surface area contributed by atoms with Gasteiger partial charge < -0.3 is 15.6 Å². The second-order valence-electron chi connectivity index (χ2n) is 4.38. The molecule has 0 fully saturated rings. The molecule has 0 aromatic heterocycles. The molecular weight excluding hydrogens is 393 g/mol. The third kappa shape index (κ3) is 35.2. The van der Waals surface area contributed by atoms with Crippen LogP contribution in [0.2, 0.25) is 0 Å². The maximum atomic E-state index is 10.9. The van der Waals surface area contributed by atoms with E-state index < -0.39 is 0 Å². The normalized spacial score (nSPS) is 9.40. The van der Waals surface area contributed by atoms with E-state index in [1.54, 1.807) is 31.5 Å². The largest absolute Gasteiger partial charge is 0.394 e. The van der Waals surface area contributed by atoms with Gasteiger partial charge in [0, 0.05) is 44.5 Å². The topological polar surface area (TPSA) is 81.6 Å². The fourth-order valence-electron chi connectivity index (χ4n) is 1.05. The summed E-state index contributed by atoms with van der Waals surface area (Å²) in [6, 6.07) is 12.0. The van der Waals surface area contributed by atoms with Crippen LogP contribution in [0.1, 0.15) is 41.5 Å². The first-order valence-electron chi connectivity index (χ1n) is 8.11. The van der Waals surface area contributed by atoms with Crippen LogP contribution in [0.5, 0.6) is 0 Å². The number of aliphatic hydroxyl groups is 1. The number of nitrogens with one attached hydrogen (secondary N) is 2. The number of benzene rings is 1. The SMILES string of the molecule is C/C=C\C(=C/C)NC(=O)CNO.CC.CC(C)O.[Y].c1ccccc1. The smallest absolute Gasteiger partial charge is 0.240 e. The quantitative estimate of drug-likeness (QED) is 0.437. The van der Waals surface area contributed by atoms with E-state index in [9.17, 15) is 4.79 Å². The van der Waals surface area contributed by atoms with Crippen LogP contribution in [-0.2, 0) is 37.5 Å². The molecule has 141 valence electrons. The Balaban J connectivity index is -0.000000142. The molecule has 0 spiro atoms. The average Bonchev–Trinajstić information content (AvgIpc) is 2.58. The van der Waals surface area contributed by atoms with Gasteiger partial charge in [-0.05, 0) is 33.8 Å². The Kier molecular flexibility index (Phi) is 35.7. The maximum absolute atomic E-state index is 10.9. The first-order chi connectivity index (χ1) is 11.5. The van der Waals surface area contributed by atoms with E-state index in [-0.39, 0.29) is 51.3 Å². The number of carbonyl (C=O) groups is 1. The van der Waals surface area contributed by atoms with E-state index >= 15 is 0 Å². The third-order valence-corrected chi connectivity index (χ3v) is 1.85. The van der Waals surface area contributed by atoms with Crippen LogP contribution >= 0.6 is 0 Å². The number of hydroxylamine groups is 1. The summed E-state index contributed by atoms with van der Waals surface area (Å²) in [6.45, 7) is 11.0. The van der Waals surface area contributed by atoms with Gasteiger partial charge in [-0.2, -0.15) is 5.48 Å². The number of rotatable bonds is 4. The van der Waals surface area contributed by atoms with Crippen molar-refractivity contribution in [3.05, 3.63) is 60.3 Å². The molecule has 0 aliphatic heterocycles. The summed E-state index contributed by atoms with van der Waals surface area (Å²) in [5, 5.41) is 18.8. The molecule has 1 radical (unpaired) electrons. The number of aliphatic hydroxyl groups excluding tert-OH is 1. The van der Waals surface area contributed by atoms with E-state index in [1.165, 1.54) is 0 Å². The predicted octanol–water partition coefficient (Wildman–Crippen LogP) is 3.66. The van der Waals surface area contributed by atoms with Crippen molar-refractivity contribution in [1.29, 1.82) is 0 Å². The first-order valence-corrected chi connectivity index (χ1v) is 8.11. The number of carbonyl (C=O) groups excluding carboxylic acids is 1. The zero-order valence-electron chi connectivity index (χ0n) is 16.4. The molecule has 0 saturated heterocycles. The molecule has 1 aromatic carbocycles. The summed E-state index contributed by atoms with van der Waals surface area (Å²) in [5.74, 6) is -0.274. The molecule has 0 bridgehead atoms. The molecule has 6 heteroatoms. The van der Waals surface area contributed by atoms with Crippen molar-refractivity contribution in [1.82, 2.24) is 10.8 Å². The summed E-state index contributed by atoms with van der Waals surface area (Å²) in [5.41, 5.74) is 2.50. The van der Waals surface area contributed by atoms with Gasteiger partial charge >= 0.3 is 0 Å². The third-order valence-electron chi connectivity index (χ3n) is 1.85. The molecule has 1 aromatic rings. The first kappa shape index (κ1) is 31.9. The maximum Gasteiger partial charge on any atom is 0.240 e. The Morgan fingerprint density at radius 3 is 1.64 bits per heavy atom. The summed E-state index contributed by atoms with van der Waals surface area (Å²) in [7, 11) is 0. The molecule has 0 atom stereocenters. The number of allylic oxidation sites excluding steroid dienone is 3. The second kappa shape index (κ2) is 28.0. The van der Waals surface area contributed by atoms with Crippen LogP contribution in [0.15, 0.2) is 60.3 Å². The van der Waals surface area contributed by atoms with Crippen LogP contribution in [-0.4, -0.2) is 28.9 Å². The average molecular weight is 427 g/mol. The minimum Gasteiger partial charge on any atom is -0.394 e. The van der Waals surface area contributed by atoms with Gasteiger partial charge in [-0.25, -0.2) is 0 Å². The summed E-state index contributed by atoms with van der Waals surface area (Å²) >= 11 is 0. The van der Waals surface area contributed by atoms with Crippen LogP contribution in [0.25, 0.3) is 0 Å². The molecule has 0 heterocycles. The minimum atomic E-state index is -0.274. The van der Waals surface area contributed by atoms with Crippen LogP contribution in [0.3, 0.4) is 0 Å². The number of amides is 1. The van der Waals surface area contributed by atoms with E-state index in [1.807, 2.05) is 70.2 Å². The standard InChI is InChI=1S/C8H14N2O2.C6H6.C3H8O.C2H6.Y/c1-3-5-7(4-2)10-8(11)6-9-12;1-2-4-6-5-3-1;1-3(2)4;1-2;/h3-5,9,12H,6H2,1-2H3,(H,10,11);1-6H;3-4H,1-2H3;1-2H3;/b5-3-,7-4+;;;;. The van der Waals surface area contributed by atoms with Gasteiger partial charge in [0.1, 0.15) is 6.54 Å². The Labute approximate surface area is 178 Å².